The van der Waals surface area contributed by atoms with E-state index in [1.54, 1.807) is 0 Å². The summed E-state index contributed by atoms with van der Waals surface area (Å²) in [5.41, 5.74) is 0.679. The van der Waals surface area contributed by atoms with Crippen molar-refractivity contribution in [1.82, 2.24) is 0 Å². The van der Waals surface area contributed by atoms with Crippen molar-refractivity contribution in [3.05, 3.63) is 0 Å². The summed E-state index contributed by atoms with van der Waals surface area (Å²) < 4.78 is 0. The van der Waals surface area contributed by atoms with E-state index in [1.165, 1.54) is 57.8 Å². The fourth-order valence-electron chi connectivity index (χ4n) is 3.71. The summed E-state index contributed by atoms with van der Waals surface area (Å²) >= 11 is 0. The Morgan fingerprint density at radius 1 is 1.06 bits per heavy atom. The van der Waals surface area contributed by atoms with Crippen molar-refractivity contribution in [1.29, 1.82) is 0 Å². The Bertz CT molecular complexity index is 231. The van der Waals surface area contributed by atoms with Crippen LogP contribution in [0.2, 0.25) is 0 Å². The van der Waals surface area contributed by atoms with Gasteiger partial charge in [0.2, 0.25) is 0 Å². The van der Waals surface area contributed by atoms with Crippen molar-refractivity contribution < 1.29 is 9.90 Å². The molecule has 0 heterocycles. The lowest BCUT2D eigenvalue weighted by molar-refractivity contribution is -0.137. The van der Waals surface area contributed by atoms with Gasteiger partial charge in [0.05, 0.1) is 0 Å². The second-order valence-electron chi connectivity index (χ2n) is 5.94. The SMILES string of the molecule is O=C(O)CCC1CCC2(CCCCC2)CC1. The van der Waals surface area contributed by atoms with E-state index in [9.17, 15) is 4.79 Å². The molecule has 2 nitrogen and oxygen atoms in total. The van der Waals surface area contributed by atoms with Gasteiger partial charge < -0.3 is 5.11 Å². The molecule has 0 aromatic carbocycles. The summed E-state index contributed by atoms with van der Waals surface area (Å²) in [6.45, 7) is 0. The average molecular weight is 224 g/mol. The number of hydrogen-bond donors (Lipinski definition) is 1. The molecule has 2 aliphatic carbocycles. The van der Waals surface area contributed by atoms with Crippen LogP contribution in [0.3, 0.4) is 0 Å². The maximum absolute atomic E-state index is 10.5. The highest BCUT2D eigenvalue weighted by molar-refractivity contribution is 5.66. The molecule has 92 valence electrons. The molecule has 0 aromatic heterocycles. The first-order valence-electron chi connectivity index (χ1n) is 6.92. The van der Waals surface area contributed by atoms with E-state index in [-0.39, 0.29) is 0 Å². The van der Waals surface area contributed by atoms with Crippen molar-refractivity contribution in [2.45, 2.75) is 70.6 Å². The van der Waals surface area contributed by atoms with Gasteiger partial charge in [0.15, 0.2) is 0 Å². The lowest BCUT2D eigenvalue weighted by Gasteiger charge is -2.43. The number of rotatable bonds is 3. The van der Waals surface area contributed by atoms with Gasteiger partial charge >= 0.3 is 5.97 Å². The predicted molar refractivity (Wildman–Crippen MR) is 64.3 cm³/mol. The first-order valence-corrected chi connectivity index (χ1v) is 6.92. The monoisotopic (exact) mass is 224 g/mol. The third kappa shape index (κ3) is 2.99. The van der Waals surface area contributed by atoms with Crippen LogP contribution in [-0.4, -0.2) is 11.1 Å². The molecule has 0 aliphatic heterocycles. The molecule has 2 fully saturated rings. The van der Waals surface area contributed by atoms with Gasteiger partial charge in [-0.05, 0) is 56.3 Å². The van der Waals surface area contributed by atoms with Crippen LogP contribution in [0, 0.1) is 11.3 Å². The van der Waals surface area contributed by atoms with Gasteiger partial charge in [0.25, 0.3) is 0 Å². The number of carbonyl (C=O) groups is 1. The predicted octanol–water partition coefficient (Wildman–Crippen LogP) is 3.99. The molecule has 16 heavy (non-hydrogen) atoms. The first kappa shape index (κ1) is 11.9. The van der Waals surface area contributed by atoms with Crippen LogP contribution in [0.1, 0.15) is 70.6 Å². The molecule has 2 saturated carbocycles. The van der Waals surface area contributed by atoms with Crippen LogP contribution in [-0.2, 0) is 4.79 Å². The highest BCUT2D eigenvalue weighted by Crippen LogP contribution is 2.49. The Kier molecular flexibility index (Phi) is 3.88. The highest BCUT2D eigenvalue weighted by Gasteiger charge is 2.35. The van der Waals surface area contributed by atoms with Gasteiger partial charge in [-0.3, -0.25) is 4.79 Å². The second kappa shape index (κ2) is 5.20. The lowest BCUT2D eigenvalue weighted by Crippen LogP contribution is -2.29. The zero-order valence-electron chi connectivity index (χ0n) is 10.2. The summed E-state index contributed by atoms with van der Waals surface area (Å²) in [4.78, 5) is 10.5. The van der Waals surface area contributed by atoms with E-state index >= 15 is 0 Å². The van der Waals surface area contributed by atoms with Gasteiger partial charge in [-0.1, -0.05) is 19.3 Å². The molecule has 2 heteroatoms. The summed E-state index contributed by atoms with van der Waals surface area (Å²) in [5.74, 6) is 0.0709. The molecule has 0 radical (unpaired) electrons. The van der Waals surface area contributed by atoms with Crippen molar-refractivity contribution in [2.75, 3.05) is 0 Å². The van der Waals surface area contributed by atoms with Gasteiger partial charge in [0.1, 0.15) is 0 Å². The first-order chi connectivity index (χ1) is 7.70. The molecule has 0 atom stereocenters. The van der Waals surface area contributed by atoms with E-state index in [0.29, 0.717) is 17.8 Å². The van der Waals surface area contributed by atoms with E-state index in [4.69, 9.17) is 5.11 Å². The fraction of sp³-hybridized carbons (Fsp3) is 0.929. The van der Waals surface area contributed by atoms with Crippen LogP contribution >= 0.6 is 0 Å². The van der Waals surface area contributed by atoms with E-state index in [0.717, 1.165) is 6.42 Å². The Balaban J connectivity index is 1.75. The van der Waals surface area contributed by atoms with Crippen molar-refractivity contribution in [2.24, 2.45) is 11.3 Å². The Morgan fingerprint density at radius 2 is 1.69 bits per heavy atom. The third-order valence-corrected chi connectivity index (χ3v) is 4.85. The summed E-state index contributed by atoms with van der Waals surface area (Å²) in [6.07, 6.45) is 13.8. The van der Waals surface area contributed by atoms with Crippen LogP contribution in [0.25, 0.3) is 0 Å². The number of hydrogen-bond acceptors (Lipinski definition) is 1. The standard InChI is InChI=1S/C14H24O2/c15-13(16)5-4-12-6-10-14(11-7-12)8-2-1-3-9-14/h12H,1-11H2,(H,15,16). The Labute approximate surface area is 98.4 Å². The van der Waals surface area contributed by atoms with Crippen LogP contribution in [0.15, 0.2) is 0 Å². The molecular weight excluding hydrogens is 200 g/mol. The zero-order valence-corrected chi connectivity index (χ0v) is 10.2. The summed E-state index contributed by atoms with van der Waals surface area (Å²) in [5, 5.41) is 8.69. The largest absolute Gasteiger partial charge is 0.481 e. The van der Waals surface area contributed by atoms with Crippen molar-refractivity contribution in [3.63, 3.8) is 0 Å². The third-order valence-electron chi connectivity index (χ3n) is 4.85. The summed E-state index contributed by atoms with van der Waals surface area (Å²) in [6, 6.07) is 0. The molecule has 2 rings (SSSR count). The number of carboxylic acid groups (broad SMARTS) is 1. The van der Waals surface area contributed by atoms with Crippen LogP contribution in [0.4, 0.5) is 0 Å². The minimum Gasteiger partial charge on any atom is -0.481 e. The number of carboxylic acids is 1. The van der Waals surface area contributed by atoms with Gasteiger partial charge in [-0.15, -0.1) is 0 Å². The van der Waals surface area contributed by atoms with E-state index < -0.39 is 5.97 Å². The molecule has 0 saturated heterocycles. The smallest absolute Gasteiger partial charge is 0.303 e. The van der Waals surface area contributed by atoms with Gasteiger partial charge in [-0.2, -0.15) is 0 Å². The molecule has 1 spiro atoms. The molecule has 2 aliphatic rings. The Morgan fingerprint density at radius 3 is 2.25 bits per heavy atom. The van der Waals surface area contributed by atoms with E-state index in [2.05, 4.69) is 0 Å². The highest BCUT2D eigenvalue weighted by atomic mass is 16.4. The topological polar surface area (TPSA) is 37.3 Å². The molecule has 0 amide bonds. The Hall–Kier alpha value is -0.530. The quantitative estimate of drug-likeness (QED) is 0.787. The molecular formula is C14H24O2. The maximum Gasteiger partial charge on any atom is 0.303 e. The van der Waals surface area contributed by atoms with Crippen molar-refractivity contribution in [3.8, 4) is 0 Å². The number of aliphatic carboxylic acids is 1. The van der Waals surface area contributed by atoms with Gasteiger partial charge in [-0.25, -0.2) is 0 Å². The second-order valence-corrected chi connectivity index (χ2v) is 5.94. The maximum atomic E-state index is 10.5. The van der Waals surface area contributed by atoms with Crippen molar-refractivity contribution >= 4 is 5.97 Å². The van der Waals surface area contributed by atoms with E-state index in [1.807, 2.05) is 0 Å². The summed E-state index contributed by atoms with van der Waals surface area (Å²) in [7, 11) is 0. The normalized spacial score (nSPS) is 25.8. The fourth-order valence-corrected chi connectivity index (χ4v) is 3.71. The lowest BCUT2D eigenvalue weighted by atomic mass is 9.63. The molecule has 0 bridgehead atoms. The minimum absolute atomic E-state index is 0.373. The zero-order chi connectivity index (χ0) is 11.4. The van der Waals surface area contributed by atoms with Crippen LogP contribution in [0.5, 0.6) is 0 Å². The molecule has 0 aromatic rings. The van der Waals surface area contributed by atoms with Gasteiger partial charge in [0, 0.05) is 6.42 Å². The molecule has 0 unspecified atom stereocenters. The average Bonchev–Trinajstić information content (AvgIpc) is 2.29. The minimum atomic E-state index is -0.627. The van der Waals surface area contributed by atoms with Crippen LogP contribution < -0.4 is 0 Å². The molecule has 1 N–H and O–H groups in total.